The maximum atomic E-state index is 5.38. The lowest BCUT2D eigenvalue weighted by atomic mass is 10.4. The molecule has 1 heterocycles. The van der Waals surface area contributed by atoms with E-state index in [-0.39, 0.29) is 0 Å². The molecule has 17 heavy (non-hydrogen) atoms. The Labute approximate surface area is 105 Å². The Hall–Kier alpha value is -0.200. The van der Waals surface area contributed by atoms with Gasteiger partial charge in [0.15, 0.2) is 0 Å². The molecule has 102 valence electrons. The van der Waals surface area contributed by atoms with Crippen LogP contribution in [0.15, 0.2) is 0 Å². The van der Waals surface area contributed by atoms with Gasteiger partial charge in [0.05, 0.1) is 0 Å². The van der Waals surface area contributed by atoms with Gasteiger partial charge in [-0.15, -0.1) is 0 Å². The molecule has 0 bridgehead atoms. The first-order chi connectivity index (χ1) is 8.43. The molecule has 5 nitrogen and oxygen atoms in total. The van der Waals surface area contributed by atoms with Gasteiger partial charge in [0.25, 0.3) is 0 Å². The summed E-state index contributed by atoms with van der Waals surface area (Å²) in [4.78, 5) is 2.54. The van der Waals surface area contributed by atoms with Gasteiger partial charge >= 0.3 is 0 Å². The zero-order valence-electron chi connectivity index (χ0n) is 11.0. The first kappa shape index (κ1) is 14.9. The molecule has 0 amide bonds. The lowest BCUT2D eigenvalue weighted by molar-refractivity contribution is 0.336. The first-order valence-electron chi connectivity index (χ1n) is 6.98. The second-order valence-electron chi connectivity index (χ2n) is 4.59. The monoisotopic (exact) mass is 243 g/mol. The molecule has 1 aliphatic rings. The van der Waals surface area contributed by atoms with Crippen LogP contribution in [0, 0.1) is 0 Å². The molecule has 1 rings (SSSR count). The van der Waals surface area contributed by atoms with E-state index in [4.69, 9.17) is 5.73 Å². The highest BCUT2D eigenvalue weighted by Crippen LogP contribution is 2.05. The quantitative estimate of drug-likeness (QED) is 0.344. The molecular weight excluding hydrogens is 214 g/mol. The average Bonchev–Trinajstić information content (AvgIpc) is 2.85. The van der Waals surface area contributed by atoms with Crippen molar-refractivity contribution in [2.75, 3.05) is 65.4 Å². The molecule has 1 fully saturated rings. The number of rotatable bonds is 11. The van der Waals surface area contributed by atoms with Gasteiger partial charge in [0, 0.05) is 52.4 Å². The SMILES string of the molecule is NCCNCCNCCNCCN1CCCC1. The highest BCUT2D eigenvalue weighted by molar-refractivity contribution is 4.67. The summed E-state index contributed by atoms with van der Waals surface area (Å²) < 4.78 is 0. The smallest absolute Gasteiger partial charge is 0.0107 e. The Morgan fingerprint density at radius 1 is 0.765 bits per heavy atom. The molecule has 0 aliphatic carbocycles. The fraction of sp³-hybridized carbons (Fsp3) is 1.00. The van der Waals surface area contributed by atoms with Crippen molar-refractivity contribution in [2.24, 2.45) is 5.73 Å². The lowest BCUT2D eigenvalue weighted by Crippen LogP contribution is -2.36. The van der Waals surface area contributed by atoms with Crippen molar-refractivity contribution in [2.45, 2.75) is 12.8 Å². The zero-order valence-corrected chi connectivity index (χ0v) is 11.0. The van der Waals surface area contributed by atoms with Crippen molar-refractivity contribution in [3.8, 4) is 0 Å². The first-order valence-corrected chi connectivity index (χ1v) is 6.98. The van der Waals surface area contributed by atoms with Crippen LogP contribution in [-0.2, 0) is 0 Å². The van der Waals surface area contributed by atoms with Gasteiger partial charge in [-0.3, -0.25) is 0 Å². The van der Waals surface area contributed by atoms with E-state index in [1.807, 2.05) is 0 Å². The highest BCUT2D eigenvalue weighted by Gasteiger charge is 2.09. The van der Waals surface area contributed by atoms with Crippen molar-refractivity contribution < 1.29 is 0 Å². The van der Waals surface area contributed by atoms with Crippen molar-refractivity contribution >= 4 is 0 Å². The standard InChI is InChI=1S/C12H29N5/c13-3-4-14-5-6-15-7-8-16-9-12-17-10-1-2-11-17/h14-16H,1-13H2. The van der Waals surface area contributed by atoms with E-state index in [2.05, 4.69) is 20.9 Å². The molecular formula is C12H29N5. The lowest BCUT2D eigenvalue weighted by Gasteiger charge is -2.14. The molecule has 0 atom stereocenters. The van der Waals surface area contributed by atoms with Gasteiger partial charge in [0.1, 0.15) is 0 Å². The summed E-state index contributed by atoms with van der Waals surface area (Å²) in [5.74, 6) is 0. The predicted octanol–water partition coefficient (Wildman–Crippen LogP) is -1.19. The number of hydrogen-bond donors (Lipinski definition) is 4. The van der Waals surface area contributed by atoms with Crippen LogP contribution in [0.4, 0.5) is 0 Å². The van der Waals surface area contributed by atoms with E-state index >= 15 is 0 Å². The van der Waals surface area contributed by atoms with E-state index in [9.17, 15) is 0 Å². The van der Waals surface area contributed by atoms with E-state index in [0.29, 0.717) is 0 Å². The van der Waals surface area contributed by atoms with Crippen LogP contribution in [0.25, 0.3) is 0 Å². The van der Waals surface area contributed by atoms with Crippen LogP contribution in [0.3, 0.4) is 0 Å². The topological polar surface area (TPSA) is 65.3 Å². The second-order valence-corrected chi connectivity index (χ2v) is 4.59. The minimum Gasteiger partial charge on any atom is -0.329 e. The van der Waals surface area contributed by atoms with Crippen molar-refractivity contribution in [3.63, 3.8) is 0 Å². The van der Waals surface area contributed by atoms with Gasteiger partial charge in [-0.05, 0) is 25.9 Å². The van der Waals surface area contributed by atoms with E-state index in [1.165, 1.54) is 32.5 Å². The predicted molar refractivity (Wildman–Crippen MR) is 73.3 cm³/mol. The Kier molecular flexibility index (Phi) is 9.55. The normalized spacial score (nSPS) is 16.8. The number of nitrogens with one attached hydrogen (secondary N) is 3. The van der Waals surface area contributed by atoms with Gasteiger partial charge in [-0.1, -0.05) is 0 Å². The zero-order chi connectivity index (χ0) is 12.2. The summed E-state index contributed by atoms with van der Waals surface area (Å²) in [5.41, 5.74) is 5.38. The van der Waals surface area contributed by atoms with Crippen LogP contribution in [0.1, 0.15) is 12.8 Å². The van der Waals surface area contributed by atoms with E-state index < -0.39 is 0 Å². The van der Waals surface area contributed by atoms with Gasteiger partial charge in [-0.25, -0.2) is 0 Å². The summed E-state index contributed by atoms with van der Waals surface area (Å²) in [6.45, 7) is 10.7. The Morgan fingerprint density at radius 2 is 1.29 bits per heavy atom. The molecule has 0 spiro atoms. The van der Waals surface area contributed by atoms with E-state index in [1.54, 1.807) is 0 Å². The van der Waals surface area contributed by atoms with Gasteiger partial charge < -0.3 is 26.6 Å². The summed E-state index contributed by atoms with van der Waals surface area (Å²) in [5, 5.41) is 10.1. The van der Waals surface area contributed by atoms with E-state index in [0.717, 1.165) is 45.8 Å². The molecule has 0 unspecified atom stereocenters. The van der Waals surface area contributed by atoms with Crippen LogP contribution < -0.4 is 21.7 Å². The third kappa shape index (κ3) is 8.51. The largest absolute Gasteiger partial charge is 0.329 e. The third-order valence-corrected chi connectivity index (χ3v) is 3.08. The van der Waals surface area contributed by atoms with Crippen molar-refractivity contribution in [3.05, 3.63) is 0 Å². The molecule has 5 heteroatoms. The van der Waals surface area contributed by atoms with Crippen LogP contribution in [0.5, 0.6) is 0 Å². The van der Waals surface area contributed by atoms with Crippen molar-refractivity contribution in [1.82, 2.24) is 20.9 Å². The minimum absolute atomic E-state index is 0.720. The molecule has 0 aromatic rings. The number of hydrogen-bond acceptors (Lipinski definition) is 5. The average molecular weight is 243 g/mol. The second kappa shape index (κ2) is 10.9. The van der Waals surface area contributed by atoms with Crippen LogP contribution >= 0.6 is 0 Å². The summed E-state index contributed by atoms with van der Waals surface area (Å²) >= 11 is 0. The van der Waals surface area contributed by atoms with Crippen LogP contribution in [0.2, 0.25) is 0 Å². The molecule has 0 saturated carbocycles. The molecule has 0 aromatic carbocycles. The summed E-state index contributed by atoms with van der Waals surface area (Å²) in [6, 6.07) is 0. The molecule has 5 N–H and O–H groups in total. The molecule has 1 saturated heterocycles. The summed E-state index contributed by atoms with van der Waals surface area (Å²) in [6.07, 6.45) is 2.77. The fourth-order valence-corrected chi connectivity index (χ4v) is 2.07. The number of nitrogens with zero attached hydrogens (tertiary/aromatic N) is 1. The van der Waals surface area contributed by atoms with Gasteiger partial charge in [0.2, 0.25) is 0 Å². The number of nitrogens with two attached hydrogens (primary N) is 1. The maximum absolute atomic E-state index is 5.38. The Balaban J connectivity index is 1.69. The molecule has 1 aliphatic heterocycles. The minimum atomic E-state index is 0.720. The Bertz CT molecular complexity index is 159. The van der Waals surface area contributed by atoms with Gasteiger partial charge in [-0.2, -0.15) is 0 Å². The Morgan fingerprint density at radius 3 is 1.88 bits per heavy atom. The third-order valence-electron chi connectivity index (χ3n) is 3.08. The van der Waals surface area contributed by atoms with Crippen LogP contribution in [-0.4, -0.2) is 70.3 Å². The highest BCUT2D eigenvalue weighted by atomic mass is 15.1. The van der Waals surface area contributed by atoms with Crippen molar-refractivity contribution in [1.29, 1.82) is 0 Å². The fourth-order valence-electron chi connectivity index (χ4n) is 2.07. The molecule has 0 radical (unpaired) electrons. The maximum Gasteiger partial charge on any atom is 0.0107 e. The molecule has 0 aromatic heterocycles. The summed E-state index contributed by atoms with van der Waals surface area (Å²) in [7, 11) is 0. The number of likely N-dealkylation sites (tertiary alicyclic amines) is 1.